The highest BCUT2D eigenvalue weighted by Crippen LogP contribution is 2.17. The Hall–Kier alpha value is -1.22. The second-order valence-corrected chi connectivity index (χ2v) is 4.78. The molecule has 0 aliphatic carbocycles. The third-order valence-electron chi connectivity index (χ3n) is 3.19. The molecule has 0 aliphatic heterocycles. The molecule has 0 fully saturated rings. The van der Waals surface area contributed by atoms with Gasteiger partial charge in [0.2, 0.25) is 0 Å². The summed E-state index contributed by atoms with van der Waals surface area (Å²) in [4.78, 5) is 2.46. The standard InChI is InChI=1S/C14H25N3/c1-4-17(11(2)3)9-5-6-12-10-13(15)7-8-14(12)16/h7-8,10-11H,4-6,9,15-16H2,1-3H3. The lowest BCUT2D eigenvalue weighted by Crippen LogP contribution is -2.31. The van der Waals surface area contributed by atoms with Crippen LogP contribution in [0.4, 0.5) is 11.4 Å². The lowest BCUT2D eigenvalue weighted by Gasteiger charge is -2.24. The maximum Gasteiger partial charge on any atom is 0.0348 e. The monoisotopic (exact) mass is 235 g/mol. The first-order valence-electron chi connectivity index (χ1n) is 6.42. The Morgan fingerprint density at radius 2 is 1.94 bits per heavy atom. The Balaban J connectivity index is 2.47. The summed E-state index contributed by atoms with van der Waals surface area (Å²) in [6, 6.07) is 6.34. The first-order chi connectivity index (χ1) is 8.04. The molecule has 0 heterocycles. The number of aryl methyl sites for hydroxylation is 1. The fraction of sp³-hybridized carbons (Fsp3) is 0.571. The van der Waals surface area contributed by atoms with Crippen LogP contribution in [0.1, 0.15) is 32.8 Å². The van der Waals surface area contributed by atoms with Gasteiger partial charge < -0.3 is 16.4 Å². The van der Waals surface area contributed by atoms with Crippen LogP contribution in [0.25, 0.3) is 0 Å². The van der Waals surface area contributed by atoms with E-state index in [9.17, 15) is 0 Å². The molecule has 1 aromatic carbocycles. The van der Waals surface area contributed by atoms with E-state index in [1.165, 1.54) is 5.56 Å². The number of nitrogens with zero attached hydrogens (tertiary/aromatic N) is 1. The highest BCUT2D eigenvalue weighted by Gasteiger charge is 2.07. The Kier molecular flexibility index (Phi) is 5.29. The van der Waals surface area contributed by atoms with E-state index in [1.54, 1.807) is 0 Å². The lowest BCUT2D eigenvalue weighted by atomic mass is 10.1. The average Bonchev–Trinajstić information content (AvgIpc) is 2.28. The summed E-state index contributed by atoms with van der Waals surface area (Å²) in [6.45, 7) is 8.89. The van der Waals surface area contributed by atoms with Gasteiger partial charge in [0.05, 0.1) is 0 Å². The summed E-state index contributed by atoms with van der Waals surface area (Å²) in [5.41, 5.74) is 14.5. The van der Waals surface area contributed by atoms with Gasteiger partial charge >= 0.3 is 0 Å². The van der Waals surface area contributed by atoms with E-state index in [-0.39, 0.29) is 0 Å². The molecule has 3 nitrogen and oxygen atoms in total. The Labute approximate surface area is 105 Å². The molecule has 0 saturated carbocycles. The van der Waals surface area contributed by atoms with Crippen LogP contribution in [-0.2, 0) is 6.42 Å². The molecular weight excluding hydrogens is 210 g/mol. The second-order valence-electron chi connectivity index (χ2n) is 4.78. The van der Waals surface area contributed by atoms with Crippen molar-refractivity contribution in [2.24, 2.45) is 0 Å². The van der Waals surface area contributed by atoms with Crippen molar-refractivity contribution in [2.75, 3.05) is 24.6 Å². The third kappa shape index (κ3) is 4.27. The number of rotatable bonds is 6. The molecule has 96 valence electrons. The molecule has 17 heavy (non-hydrogen) atoms. The van der Waals surface area contributed by atoms with Crippen LogP contribution in [0.15, 0.2) is 18.2 Å². The number of hydrogen-bond acceptors (Lipinski definition) is 3. The summed E-state index contributed by atoms with van der Waals surface area (Å²) < 4.78 is 0. The minimum absolute atomic E-state index is 0.609. The van der Waals surface area contributed by atoms with Crippen LogP contribution in [0.3, 0.4) is 0 Å². The zero-order valence-electron chi connectivity index (χ0n) is 11.2. The highest BCUT2D eigenvalue weighted by molar-refractivity contribution is 5.55. The predicted molar refractivity (Wildman–Crippen MR) is 76.0 cm³/mol. The number of nitrogens with two attached hydrogens (primary N) is 2. The van der Waals surface area contributed by atoms with Gasteiger partial charge in [0, 0.05) is 17.4 Å². The van der Waals surface area contributed by atoms with E-state index in [4.69, 9.17) is 11.5 Å². The molecule has 1 rings (SSSR count). The van der Waals surface area contributed by atoms with Gasteiger partial charge in [-0.25, -0.2) is 0 Å². The summed E-state index contributed by atoms with van der Waals surface area (Å²) in [6.07, 6.45) is 2.12. The normalized spacial score (nSPS) is 11.4. The van der Waals surface area contributed by atoms with Crippen molar-refractivity contribution in [1.82, 2.24) is 4.90 Å². The average molecular weight is 235 g/mol. The van der Waals surface area contributed by atoms with Gasteiger partial charge in [0.1, 0.15) is 0 Å². The zero-order chi connectivity index (χ0) is 12.8. The third-order valence-corrected chi connectivity index (χ3v) is 3.19. The first-order valence-corrected chi connectivity index (χ1v) is 6.42. The summed E-state index contributed by atoms with van der Waals surface area (Å²) in [5, 5.41) is 0. The minimum Gasteiger partial charge on any atom is -0.399 e. The molecule has 1 aromatic rings. The summed E-state index contributed by atoms with van der Waals surface area (Å²) in [7, 11) is 0. The van der Waals surface area contributed by atoms with Gasteiger partial charge in [-0.1, -0.05) is 6.92 Å². The largest absolute Gasteiger partial charge is 0.399 e. The number of benzene rings is 1. The van der Waals surface area contributed by atoms with E-state index < -0.39 is 0 Å². The Morgan fingerprint density at radius 3 is 2.53 bits per heavy atom. The van der Waals surface area contributed by atoms with Crippen LogP contribution in [0, 0.1) is 0 Å². The Morgan fingerprint density at radius 1 is 1.24 bits per heavy atom. The van der Waals surface area contributed by atoms with Crippen LogP contribution in [0.5, 0.6) is 0 Å². The van der Waals surface area contributed by atoms with Gasteiger partial charge in [-0.05, 0) is 63.5 Å². The van der Waals surface area contributed by atoms with Crippen molar-refractivity contribution in [3.63, 3.8) is 0 Å². The SMILES string of the molecule is CCN(CCCc1cc(N)ccc1N)C(C)C. The fourth-order valence-corrected chi connectivity index (χ4v) is 2.10. The predicted octanol–water partition coefficient (Wildman–Crippen LogP) is 2.51. The molecule has 0 unspecified atom stereocenters. The number of anilines is 2. The van der Waals surface area contributed by atoms with Gasteiger partial charge in [0.15, 0.2) is 0 Å². The van der Waals surface area contributed by atoms with E-state index in [2.05, 4.69) is 25.7 Å². The van der Waals surface area contributed by atoms with Crippen LogP contribution >= 0.6 is 0 Å². The Bertz CT molecular complexity index is 347. The van der Waals surface area contributed by atoms with Crippen LogP contribution < -0.4 is 11.5 Å². The van der Waals surface area contributed by atoms with Gasteiger partial charge in [-0.3, -0.25) is 0 Å². The van der Waals surface area contributed by atoms with Gasteiger partial charge in [0.25, 0.3) is 0 Å². The van der Waals surface area contributed by atoms with E-state index >= 15 is 0 Å². The summed E-state index contributed by atoms with van der Waals surface area (Å²) in [5.74, 6) is 0. The molecule has 0 bridgehead atoms. The van der Waals surface area contributed by atoms with Crippen molar-refractivity contribution >= 4 is 11.4 Å². The molecule has 0 atom stereocenters. The topological polar surface area (TPSA) is 55.3 Å². The van der Waals surface area contributed by atoms with Crippen LogP contribution in [0.2, 0.25) is 0 Å². The fourth-order valence-electron chi connectivity index (χ4n) is 2.10. The number of hydrogen-bond donors (Lipinski definition) is 2. The van der Waals surface area contributed by atoms with Gasteiger partial charge in [-0.15, -0.1) is 0 Å². The molecular formula is C14H25N3. The van der Waals surface area contributed by atoms with Gasteiger partial charge in [-0.2, -0.15) is 0 Å². The van der Waals surface area contributed by atoms with Crippen molar-refractivity contribution in [1.29, 1.82) is 0 Å². The zero-order valence-corrected chi connectivity index (χ0v) is 11.2. The molecule has 4 N–H and O–H groups in total. The van der Waals surface area contributed by atoms with Crippen molar-refractivity contribution in [3.05, 3.63) is 23.8 Å². The first kappa shape index (κ1) is 13.8. The lowest BCUT2D eigenvalue weighted by molar-refractivity contribution is 0.231. The molecule has 0 radical (unpaired) electrons. The van der Waals surface area contributed by atoms with E-state index in [0.717, 1.165) is 37.3 Å². The molecule has 0 saturated heterocycles. The van der Waals surface area contributed by atoms with E-state index in [1.807, 2.05) is 18.2 Å². The molecule has 0 spiro atoms. The van der Waals surface area contributed by atoms with Crippen molar-refractivity contribution in [2.45, 2.75) is 39.7 Å². The molecule has 0 amide bonds. The highest BCUT2D eigenvalue weighted by atomic mass is 15.1. The van der Waals surface area contributed by atoms with Crippen molar-refractivity contribution < 1.29 is 0 Å². The molecule has 0 aliphatic rings. The maximum atomic E-state index is 5.93. The minimum atomic E-state index is 0.609. The van der Waals surface area contributed by atoms with Crippen molar-refractivity contribution in [3.8, 4) is 0 Å². The molecule has 3 heteroatoms. The molecule has 0 aromatic heterocycles. The maximum absolute atomic E-state index is 5.93. The summed E-state index contributed by atoms with van der Waals surface area (Å²) >= 11 is 0. The van der Waals surface area contributed by atoms with Crippen LogP contribution in [-0.4, -0.2) is 24.0 Å². The smallest absolute Gasteiger partial charge is 0.0348 e. The second kappa shape index (κ2) is 6.50. The number of nitrogen functional groups attached to an aromatic ring is 2. The quantitative estimate of drug-likeness (QED) is 0.745. The van der Waals surface area contributed by atoms with E-state index in [0.29, 0.717) is 6.04 Å².